The third-order valence-electron chi connectivity index (χ3n) is 4.07. The Labute approximate surface area is 141 Å². The van der Waals surface area contributed by atoms with E-state index in [2.05, 4.69) is 15.6 Å². The number of aryl methyl sites for hydroxylation is 1. The highest BCUT2D eigenvalue weighted by Crippen LogP contribution is 2.22. The summed E-state index contributed by atoms with van der Waals surface area (Å²) in [4.78, 5) is 39.9. The molecule has 2 amide bonds. The minimum absolute atomic E-state index is 0.0171. The van der Waals surface area contributed by atoms with Crippen LogP contribution in [0.4, 0.5) is 0 Å². The van der Waals surface area contributed by atoms with Gasteiger partial charge in [0.1, 0.15) is 6.04 Å². The van der Waals surface area contributed by atoms with Crippen LogP contribution in [0.1, 0.15) is 43.2 Å². The molecule has 0 bridgehead atoms. The Morgan fingerprint density at radius 1 is 1.12 bits per heavy atom. The number of benzene rings is 1. The van der Waals surface area contributed by atoms with Gasteiger partial charge in [0, 0.05) is 22.6 Å². The van der Waals surface area contributed by atoms with Crippen LogP contribution in [-0.4, -0.2) is 34.7 Å². The fourth-order valence-corrected chi connectivity index (χ4v) is 2.48. The van der Waals surface area contributed by atoms with Crippen molar-refractivity contribution in [3.63, 3.8) is 0 Å². The molecule has 3 N–H and O–H groups in total. The van der Waals surface area contributed by atoms with Gasteiger partial charge in [-0.05, 0) is 33.3 Å². The SMILES string of the molecule is CC[C@@H](C)NC(=O)[C@H](C)NC(=O)C(=O)c1c(C)[nH]c2ccccc12. The average molecular weight is 329 g/mol. The van der Waals surface area contributed by atoms with Crippen molar-refractivity contribution in [3.05, 3.63) is 35.5 Å². The number of Topliss-reactive ketones (excluding diaryl/α,β-unsaturated/α-hetero) is 1. The highest BCUT2D eigenvalue weighted by molar-refractivity contribution is 6.45. The fourth-order valence-electron chi connectivity index (χ4n) is 2.48. The number of carbonyl (C=O) groups is 3. The molecule has 0 aliphatic heterocycles. The molecule has 0 unspecified atom stereocenters. The van der Waals surface area contributed by atoms with Crippen molar-refractivity contribution < 1.29 is 14.4 Å². The van der Waals surface area contributed by atoms with Gasteiger partial charge in [0.25, 0.3) is 11.7 Å². The Bertz CT molecular complexity index is 779. The van der Waals surface area contributed by atoms with Crippen molar-refractivity contribution in [2.45, 2.75) is 46.2 Å². The molecule has 2 atom stereocenters. The summed E-state index contributed by atoms with van der Waals surface area (Å²) in [6, 6.07) is 6.54. The lowest BCUT2D eigenvalue weighted by Crippen LogP contribution is -2.49. The first-order valence-corrected chi connectivity index (χ1v) is 8.08. The lowest BCUT2D eigenvalue weighted by molar-refractivity contribution is -0.127. The number of amides is 2. The number of fused-ring (bicyclic) bond motifs is 1. The summed E-state index contributed by atoms with van der Waals surface area (Å²) in [7, 11) is 0. The number of H-pyrrole nitrogens is 1. The van der Waals surface area contributed by atoms with Crippen molar-refractivity contribution in [1.29, 1.82) is 0 Å². The van der Waals surface area contributed by atoms with Crippen molar-refractivity contribution in [1.82, 2.24) is 15.6 Å². The van der Waals surface area contributed by atoms with Crippen molar-refractivity contribution in [2.75, 3.05) is 0 Å². The molecule has 1 aromatic carbocycles. The molecule has 128 valence electrons. The van der Waals surface area contributed by atoms with E-state index in [9.17, 15) is 14.4 Å². The number of ketones is 1. The first-order chi connectivity index (χ1) is 11.3. The molecule has 0 aliphatic carbocycles. The van der Waals surface area contributed by atoms with Gasteiger partial charge in [-0.25, -0.2) is 0 Å². The van der Waals surface area contributed by atoms with E-state index in [1.54, 1.807) is 19.9 Å². The topological polar surface area (TPSA) is 91.1 Å². The number of aromatic nitrogens is 1. The minimum atomic E-state index is -0.783. The zero-order valence-corrected chi connectivity index (χ0v) is 14.4. The zero-order valence-electron chi connectivity index (χ0n) is 14.4. The van der Waals surface area contributed by atoms with E-state index >= 15 is 0 Å². The van der Waals surface area contributed by atoms with Crippen molar-refractivity contribution >= 4 is 28.5 Å². The first-order valence-electron chi connectivity index (χ1n) is 8.08. The maximum Gasteiger partial charge on any atom is 0.293 e. The van der Waals surface area contributed by atoms with Gasteiger partial charge in [-0.15, -0.1) is 0 Å². The molecular formula is C18H23N3O3. The molecule has 6 nitrogen and oxygen atoms in total. The van der Waals surface area contributed by atoms with Gasteiger partial charge in [-0.3, -0.25) is 14.4 Å². The largest absolute Gasteiger partial charge is 0.358 e. The molecule has 1 aromatic heterocycles. The van der Waals surface area contributed by atoms with E-state index < -0.39 is 17.7 Å². The van der Waals surface area contributed by atoms with Crippen LogP contribution in [0, 0.1) is 6.92 Å². The van der Waals surface area contributed by atoms with Gasteiger partial charge < -0.3 is 15.6 Å². The second kappa shape index (κ2) is 7.29. The quantitative estimate of drug-likeness (QED) is 0.560. The van der Waals surface area contributed by atoms with E-state index in [1.165, 1.54) is 0 Å². The van der Waals surface area contributed by atoms with Gasteiger partial charge in [0.2, 0.25) is 5.91 Å². The summed E-state index contributed by atoms with van der Waals surface area (Å²) in [5.41, 5.74) is 1.78. The van der Waals surface area contributed by atoms with Crippen LogP contribution in [0.3, 0.4) is 0 Å². The highest BCUT2D eigenvalue weighted by atomic mass is 16.2. The predicted molar refractivity (Wildman–Crippen MR) is 92.9 cm³/mol. The third-order valence-corrected chi connectivity index (χ3v) is 4.07. The molecular weight excluding hydrogens is 306 g/mol. The predicted octanol–water partition coefficient (Wildman–Crippen LogP) is 2.08. The molecule has 6 heteroatoms. The Hall–Kier alpha value is -2.63. The van der Waals surface area contributed by atoms with Gasteiger partial charge in [-0.2, -0.15) is 0 Å². The van der Waals surface area contributed by atoms with Crippen LogP contribution in [0.2, 0.25) is 0 Å². The van der Waals surface area contributed by atoms with Crippen molar-refractivity contribution in [3.8, 4) is 0 Å². The van der Waals surface area contributed by atoms with Gasteiger partial charge in [-0.1, -0.05) is 25.1 Å². The van der Waals surface area contributed by atoms with Crippen LogP contribution in [0.5, 0.6) is 0 Å². The van der Waals surface area contributed by atoms with Crippen LogP contribution < -0.4 is 10.6 Å². The summed E-state index contributed by atoms with van der Waals surface area (Å²) in [6.45, 7) is 7.15. The van der Waals surface area contributed by atoms with Crippen LogP contribution in [0.15, 0.2) is 24.3 Å². The van der Waals surface area contributed by atoms with Crippen LogP contribution in [-0.2, 0) is 9.59 Å². The maximum absolute atomic E-state index is 12.5. The maximum atomic E-state index is 12.5. The summed E-state index contributed by atoms with van der Waals surface area (Å²) in [5, 5.41) is 5.95. The van der Waals surface area contributed by atoms with E-state index in [0.717, 1.165) is 11.9 Å². The summed E-state index contributed by atoms with van der Waals surface area (Å²) in [6.07, 6.45) is 0.792. The number of para-hydroxylation sites is 1. The lowest BCUT2D eigenvalue weighted by atomic mass is 10.1. The summed E-state index contributed by atoms with van der Waals surface area (Å²) in [5.74, 6) is -1.73. The normalized spacial score (nSPS) is 13.3. The van der Waals surface area contributed by atoms with Gasteiger partial charge in [0.15, 0.2) is 0 Å². The Balaban J connectivity index is 2.13. The average Bonchev–Trinajstić information content (AvgIpc) is 2.89. The molecule has 1 heterocycles. The molecule has 0 saturated carbocycles. The Morgan fingerprint density at radius 3 is 2.46 bits per heavy atom. The molecule has 0 fully saturated rings. The summed E-state index contributed by atoms with van der Waals surface area (Å²) >= 11 is 0. The Kier molecular flexibility index (Phi) is 5.39. The number of hydrogen-bond donors (Lipinski definition) is 3. The molecule has 2 aromatic rings. The molecule has 2 rings (SSSR count). The molecule has 0 radical (unpaired) electrons. The molecule has 24 heavy (non-hydrogen) atoms. The number of rotatable bonds is 6. The number of aromatic amines is 1. The lowest BCUT2D eigenvalue weighted by Gasteiger charge is -2.17. The second-order valence-corrected chi connectivity index (χ2v) is 6.01. The summed E-state index contributed by atoms with van der Waals surface area (Å²) < 4.78 is 0. The number of carbonyl (C=O) groups excluding carboxylic acids is 3. The standard InChI is InChI=1S/C18H23N3O3/c1-5-10(2)19-17(23)12(4)21-18(24)16(22)15-11(3)20-14-9-7-6-8-13(14)15/h6-10,12,20H,5H2,1-4H3,(H,19,23)(H,21,24)/t10-,12+/m1/s1. The van der Waals surface area contributed by atoms with Gasteiger partial charge >= 0.3 is 0 Å². The van der Waals surface area contributed by atoms with E-state index in [4.69, 9.17) is 0 Å². The van der Waals surface area contributed by atoms with Crippen LogP contribution >= 0.6 is 0 Å². The van der Waals surface area contributed by atoms with E-state index in [-0.39, 0.29) is 11.9 Å². The van der Waals surface area contributed by atoms with Gasteiger partial charge in [0.05, 0.1) is 5.56 Å². The third kappa shape index (κ3) is 3.64. The Morgan fingerprint density at radius 2 is 1.79 bits per heavy atom. The van der Waals surface area contributed by atoms with E-state index in [0.29, 0.717) is 16.6 Å². The van der Waals surface area contributed by atoms with Crippen LogP contribution in [0.25, 0.3) is 10.9 Å². The first kappa shape index (κ1) is 17.7. The smallest absolute Gasteiger partial charge is 0.293 e. The number of nitrogens with one attached hydrogen (secondary N) is 3. The fraction of sp³-hybridized carbons (Fsp3) is 0.389. The highest BCUT2D eigenvalue weighted by Gasteiger charge is 2.25. The zero-order chi connectivity index (χ0) is 17.9. The molecule has 0 saturated heterocycles. The molecule has 0 spiro atoms. The monoisotopic (exact) mass is 329 g/mol. The number of hydrogen-bond acceptors (Lipinski definition) is 3. The second-order valence-electron chi connectivity index (χ2n) is 6.01. The van der Waals surface area contributed by atoms with Crippen molar-refractivity contribution in [2.24, 2.45) is 0 Å². The minimum Gasteiger partial charge on any atom is -0.358 e. The van der Waals surface area contributed by atoms with E-state index in [1.807, 2.05) is 32.0 Å². The molecule has 0 aliphatic rings.